The number of fused-ring (bicyclic) bond motifs is 2. The van der Waals surface area contributed by atoms with Crippen LogP contribution in [0.4, 0.5) is 4.39 Å². The van der Waals surface area contributed by atoms with E-state index in [4.69, 9.17) is 19.3 Å². The summed E-state index contributed by atoms with van der Waals surface area (Å²) in [4.78, 5) is 39.3. The summed E-state index contributed by atoms with van der Waals surface area (Å²) in [7, 11) is 1.32. The minimum Gasteiger partial charge on any atom is -0.349 e. The molecule has 3 aromatic heterocycles. The van der Waals surface area contributed by atoms with E-state index in [2.05, 4.69) is 10.3 Å². The van der Waals surface area contributed by atoms with Gasteiger partial charge in [-0.25, -0.2) is 9.37 Å². The second-order valence-corrected chi connectivity index (χ2v) is 7.68. The number of carbonyl (C=O) groups is 1. The topological polar surface area (TPSA) is 104 Å². The molecule has 36 heavy (non-hydrogen) atoms. The number of rotatable bonds is 10. The number of nitrogens with one attached hydrogen (secondary N) is 1. The molecular weight excluding hydrogens is 471 g/mol. The molecule has 1 N–H and O–H groups in total. The maximum Gasteiger partial charge on any atom is 0.271 e. The molecule has 0 aliphatic carbocycles. The van der Waals surface area contributed by atoms with Gasteiger partial charge in [-0.05, 0) is 38.1 Å². The molecule has 3 heterocycles. The van der Waals surface area contributed by atoms with Crippen molar-refractivity contribution < 1.29 is 33.3 Å². The van der Waals surface area contributed by atoms with E-state index in [0.29, 0.717) is 35.3 Å². The number of hydrogen-bond acceptors (Lipinski definition) is 7. The van der Waals surface area contributed by atoms with Gasteiger partial charge in [0.1, 0.15) is 17.2 Å². The molecule has 10 nitrogen and oxygen atoms in total. The van der Waals surface area contributed by atoms with Crippen molar-refractivity contribution in [3.63, 3.8) is 0 Å². The summed E-state index contributed by atoms with van der Waals surface area (Å²) >= 11 is 0. The zero-order valence-corrected chi connectivity index (χ0v) is 20.1. The highest BCUT2D eigenvalue weighted by molar-refractivity contribution is 5.92. The fourth-order valence-corrected chi connectivity index (χ4v) is 3.75. The first-order valence-electron chi connectivity index (χ1n) is 11.3. The third kappa shape index (κ3) is 5.33. The molecule has 0 unspecified atom stereocenters. The predicted octanol–water partition coefficient (Wildman–Crippen LogP) is 2.27. The van der Waals surface area contributed by atoms with E-state index in [1.165, 1.54) is 28.4 Å². The molecule has 0 atom stereocenters. The van der Waals surface area contributed by atoms with Crippen molar-refractivity contribution in [3.05, 3.63) is 87.9 Å². The number of hydrogen-bond donors (Lipinski definition) is 1. The average Bonchev–Trinajstić information content (AvgIpc) is 2.87. The van der Waals surface area contributed by atoms with E-state index in [1.54, 1.807) is 56.6 Å². The van der Waals surface area contributed by atoms with Crippen LogP contribution in [0.15, 0.2) is 59.7 Å². The fourth-order valence-electron chi connectivity index (χ4n) is 3.75. The Morgan fingerprint density at radius 2 is 1.94 bits per heavy atom. The highest BCUT2D eigenvalue weighted by Crippen LogP contribution is 2.26. The van der Waals surface area contributed by atoms with E-state index in [0.717, 1.165) is 0 Å². The molecule has 0 saturated carbocycles. The Hall–Kier alpha value is -3.93. The van der Waals surface area contributed by atoms with Crippen LogP contribution in [-0.4, -0.2) is 35.6 Å². The Labute approximate surface area is 205 Å². The van der Waals surface area contributed by atoms with Crippen LogP contribution in [0.1, 0.15) is 41.8 Å². The van der Waals surface area contributed by atoms with Crippen LogP contribution in [0.3, 0.4) is 0 Å². The number of carbonyl (C=O) groups excluding carboxylic acids is 1. The average molecular weight is 498 g/mol. The predicted molar refractivity (Wildman–Crippen MR) is 126 cm³/mol. The summed E-state index contributed by atoms with van der Waals surface area (Å²) in [5.41, 5.74) is 1.23. The van der Waals surface area contributed by atoms with Crippen molar-refractivity contribution in [1.82, 2.24) is 14.7 Å². The molecule has 188 valence electrons. The van der Waals surface area contributed by atoms with Gasteiger partial charge in [-0.3, -0.25) is 14.0 Å². The molecule has 4 aromatic rings. The molecule has 1 aromatic carbocycles. The van der Waals surface area contributed by atoms with Gasteiger partial charge in [-0.15, -0.1) is 4.89 Å². The lowest BCUT2D eigenvalue weighted by molar-refractivity contribution is -0.939. The molecule has 1 amide bonds. The summed E-state index contributed by atoms with van der Waals surface area (Å²) in [5.74, 6) is -1.05. The largest absolute Gasteiger partial charge is 0.349 e. The summed E-state index contributed by atoms with van der Waals surface area (Å²) in [6.07, 6.45) is 2.26. The lowest BCUT2D eigenvalue weighted by atomic mass is 10.1. The maximum atomic E-state index is 15.0. The molecule has 0 saturated heterocycles. The number of nitrogens with zero attached hydrogens (tertiary/aromatic N) is 3. The highest BCUT2D eigenvalue weighted by atomic mass is 19.1. The Balaban J connectivity index is 1.65. The quantitative estimate of drug-likeness (QED) is 0.155. The molecular formula is C25H26FN4O6+. The van der Waals surface area contributed by atoms with Crippen molar-refractivity contribution >= 4 is 22.5 Å². The summed E-state index contributed by atoms with van der Waals surface area (Å²) in [6, 6.07) is 10.9. The summed E-state index contributed by atoms with van der Waals surface area (Å²) in [5, 5.41) is 3.35. The normalized spacial score (nSPS) is 11.4. The summed E-state index contributed by atoms with van der Waals surface area (Å²) < 4.78 is 28.7. The van der Waals surface area contributed by atoms with Gasteiger partial charge in [0.05, 0.1) is 23.3 Å². The van der Waals surface area contributed by atoms with Gasteiger partial charge in [0.15, 0.2) is 6.29 Å². The molecule has 0 bridgehead atoms. The number of benzene rings is 1. The minimum absolute atomic E-state index is 0.00589. The first-order chi connectivity index (χ1) is 17.4. The van der Waals surface area contributed by atoms with Gasteiger partial charge < -0.3 is 14.8 Å². The lowest BCUT2D eigenvalue weighted by Gasteiger charge is -2.18. The van der Waals surface area contributed by atoms with E-state index < -0.39 is 18.0 Å². The second kappa shape index (κ2) is 11.2. The van der Waals surface area contributed by atoms with E-state index >= 15 is 0 Å². The Morgan fingerprint density at radius 3 is 2.67 bits per heavy atom. The minimum atomic E-state index is -0.873. The van der Waals surface area contributed by atoms with E-state index in [1.807, 2.05) is 0 Å². The van der Waals surface area contributed by atoms with Crippen LogP contribution in [0.5, 0.6) is 0 Å². The first kappa shape index (κ1) is 25.2. The van der Waals surface area contributed by atoms with Gasteiger partial charge in [-0.1, -0.05) is 11.1 Å². The summed E-state index contributed by atoms with van der Waals surface area (Å²) in [6.45, 7) is 4.35. The number of amides is 1. The van der Waals surface area contributed by atoms with Crippen molar-refractivity contribution in [3.8, 4) is 0 Å². The molecule has 0 aliphatic heterocycles. The monoisotopic (exact) mass is 497 g/mol. The Bertz CT molecular complexity index is 1450. The maximum absolute atomic E-state index is 15.0. The van der Waals surface area contributed by atoms with Crippen LogP contribution in [0.25, 0.3) is 16.6 Å². The van der Waals surface area contributed by atoms with Crippen LogP contribution in [-0.2, 0) is 20.9 Å². The third-order valence-corrected chi connectivity index (χ3v) is 5.31. The lowest BCUT2D eigenvalue weighted by Crippen LogP contribution is -2.43. The molecule has 0 fully saturated rings. The molecule has 0 spiro atoms. The van der Waals surface area contributed by atoms with Crippen LogP contribution >= 0.6 is 0 Å². The molecule has 0 radical (unpaired) electrons. The molecule has 4 rings (SSSR count). The van der Waals surface area contributed by atoms with Crippen molar-refractivity contribution in [2.75, 3.05) is 20.3 Å². The van der Waals surface area contributed by atoms with Gasteiger partial charge in [0.2, 0.25) is 6.20 Å². The van der Waals surface area contributed by atoms with Crippen LogP contribution in [0.2, 0.25) is 0 Å². The van der Waals surface area contributed by atoms with Crippen LogP contribution in [0, 0.1) is 5.82 Å². The van der Waals surface area contributed by atoms with Crippen molar-refractivity contribution in [2.45, 2.75) is 26.7 Å². The second-order valence-electron chi connectivity index (χ2n) is 7.68. The van der Waals surface area contributed by atoms with Gasteiger partial charge >= 0.3 is 0 Å². The van der Waals surface area contributed by atoms with E-state index in [9.17, 15) is 14.0 Å². The standard InChI is InChI=1S/C25H25FN4O6/c1-4-34-25(35-5-2)18-11-17-10-16(15-30(36-33-3)21(17)12-19(18)26)14-27-24(32)20-13-23(31)29-9-7-6-8-22(29)28-20/h6-13,15,25H,4-5,14H2,1-3H3/p+1. The Kier molecular flexibility index (Phi) is 7.84. The third-order valence-electron chi connectivity index (χ3n) is 5.31. The van der Waals surface area contributed by atoms with Gasteiger partial charge in [-0.2, -0.15) is 0 Å². The molecule has 0 aliphatic rings. The smallest absolute Gasteiger partial charge is 0.271 e. The van der Waals surface area contributed by atoms with Crippen molar-refractivity contribution in [1.29, 1.82) is 0 Å². The zero-order valence-electron chi connectivity index (χ0n) is 20.1. The SMILES string of the molecule is CCOC(OCC)c1cc2cc(CNC(=O)c3cc(=O)n4ccccc4n3)c[n+](OOC)c2cc1F. The zero-order chi connectivity index (χ0) is 25.7. The van der Waals surface area contributed by atoms with Gasteiger partial charge in [0.25, 0.3) is 17.0 Å². The number of aromatic nitrogens is 3. The first-order valence-corrected chi connectivity index (χ1v) is 11.3. The number of halogens is 1. The molecule has 11 heteroatoms. The van der Waals surface area contributed by atoms with Gasteiger partial charge in [0, 0.05) is 43.1 Å². The fraction of sp³-hybridized carbons (Fsp3) is 0.280. The number of ether oxygens (including phenoxy) is 2. The number of pyridine rings is 2. The Morgan fingerprint density at radius 1 is 1.17 bits per heavy atom. The highest BCUT2D eigenvalue weighted by Gasteiger charge is 2.23. The van der Waals surface area contributed by atoms with E-state index in [-0.39, 0.29) is 23.4 Å². The van der Waals surface area contributed by atoms with Crippen molar-refractivity contribution in [2.24, 2.45) is 0 Å². The van der Waals surface area contributed by atoms with Crippen LogP contribution < -0.4 is 20.6 Å².